The predicted molar refractivity (Wildman–Crippen MR) is 53.4 cm³/mol. The molecule has 1 rings (SSSR count). The van der Waals surface area contributed by atoms with Gasteiger partial charge < -0.3 is 16.2 Å². The Labute approximate surface area is 79.3 Å². The lowest BCUT2D eigenvalue weighted by molar-refractivity contribution is -0.103. The molecule has 0 amide bonds. The van der Waals surface area contributed by atoms with Crippen LogP contribution >= 0.6 is 0 Å². The van der Waals surface area contributed by atoms with Gasteiger partial charge in [-0.15, -0.1) is 0 Å². The SMILES string of the molecule is CCOC1CC(N=C(N)N)C1(C)C. The number of hydrogen-bond acceptors (Lipinski definition) is 2. The molecule has 1 aliphatic carbocycles. The monoisotopic (exact) mass is 185 g/mol. The van der Waals surface area contributed by atoms with Gasteiger partial charge in [-0.3, -0.25) is 0 Å². The highest BCUT2D eigenvalue weighted by molar-refractivity contribution is 5.76. The lowest BCUT2D eigenvalue weighted by Gasteiger charge is -2.49. The molecular formula is C9H19N3O. The van der Waals surface area contributed by atoms with E-state index in [1.165, 1.54) is 0 Å². The first kappa shape index (κ1) is 10.3. The van der Waals surface area contributed by atoms with Gasteiger partial charge in [0.15, 0.2) is 5.96 Å². The second-order valence-electron chi connectivity index (χ2n) is 4.07. The summed E-state index contributed by atoms with van der Waals surface area (Å²) < 4.78 is 5.55. The summed E-state index contributed by atoms with van der Waals surface area (Å²) in [5.74, 6) is 0.174. The van der Waals surface area contributed by atoms with Crippen molar-refractivity contribution in [1.82, 2.24) is 0 Å². The van der Waals surface area contributed by atoms with E-state index in [0.717, 1.165) is 13.0 Å². The molecule has 1 fully saturated rings. The summed E-state index contributed by atoms with van der Waals surface area (Å²) in [5, 5.41) is 0. The van der Waals surface area contributed by atoms with Crippen LogP contribution in [0.2, 0.25) is 0 Å². The fourth-order valence-corrected chi connectivity index (χ4v) is 1.75. The second-order valence-corrected chi connectivity index (χ2v) is 4.07. The van der Waals surface area contributed by atoms with E-state index in [2.05, 4.69) is 18.8 Å². The summed E-state index contributed by atoms with van der Waals surface area (Å²) in [5.41, 5.74) is 10.7. The van der Waals surface area contributed by atoms with Crippen molar-refractivity contribution in [2.24, 2.45) is 21.9 Å². The Morgan fingerprint density at radius 2 is 2.15 bits per heavy atom. The van der Waals surface area contributed by atoms with Crippen molar-refractivity contribution >= 4 is 5.96 Å². The van der Waals surface area contributed by atoms with Gasteiger partial charge in [0.2, 0.25) is 0 Å². The Bertz CT molecular complexity index is 209. The topological polar surface area (TPSA) is 73.6 Å². The highest BCUT2D eigenvalue weighted by Gasteiger charge is 2.49. The maximum Gasteiger partial charge on any atom is 0.186 e. The van der Waals surface area contributed by atoms with E-state index in [0.29, 0.717) is 6.10 Å². The summed E-state index contributed by atoms with van der Waals surface area (Å²) in [7, 11) is 0. The molecule has 0 saturated heterocycles. The van der Waals surface area contributed by atoms with Gasteiger partial charge in [0, 0.05) is 12.0 Å². The van der Waals surface area contributed by atoms with Crippen LogP contribution in [0.3, 0.4) is 0 Å². The van der Waals surface area contributed by atoms with Crippen molar-refractivity contribution in [3.63, 3.8) is 0 Å². The first-order valence-corrected chi connectivity index (χ1v) is 4.68. The van der Waals surface area contributed by atoms with Gasteiger partial charge in [-0.25, -0.2) is 4.99 Å². The average molecular weight is 185 g/mol. The minimum absolute atomic E-state index is 0.0694. The molecule has 1 aliphatic rings. The summed E-state index contributed by atoms with van der Waals surface area (Å²) in [6, 6.07) is 0.217. The molecule has 4 N–H and O–H groups in total. The van der Waals surface area contributed by atoms with Crippen LogP contribution in [0.4, 0.5) is 0 Å². The Kier molecular flexibility index (Phi) is 2.81. The highest BCUT2D eigenvalue weighted by atomic mass is 16.5. The van der Waals surface area contributed by atoms with E-state index in [-0.39, 0.29) is 17.4 Å². The van der Waals surface area contributed by atoms with E-state index >= 15 is 0 Å². The molecule has 0 radical (unpaired) electrons. The maximum absolute atomic E-state index is 5.55. The fraction of sp³-hybridized carbons (Fsp3) is 0.889. The normalized spacial score (nSPS) is 30.7. The molecule has 0 heterocycles. The number of nitrogens with two attached hydrogens (primary N) is 2. The van der Waals surface area contributed by atoms with Crippen molar-refractivity contribution < 1.29 is 4.74 Å². The standard InChI is InChI=1S/C9H19N3O/c1-4-13-7-5-6(9(7,2)3)12-8(10)11/h6-7H,4-5H2,1-3H3,(H4,10,11,12). The molecule has 2 atom stereocenters. The predicted octanol–water partition coefficient (Wildman–Crippen LogP) is 0.463. The molecule has 0 spiro atoms. The molecule has 1 saturated carbocycles. The molecule has 76 valence electrons. The Hall–Kier alpha value is -0.770. The van der Waals surface area contributed by atoms with Crippen molar-refractivity contribution in [3.05, 3.63) is 0 Å². The van der Waals surface area contributed by atoms with Gasteiger partial charge in [0.25, 0.3) is 0 Å². The first-order chi connectivity index (χ1) is 5.98. The Morgan fingerprint density at radius 1 is 1.54 bits per heavy atom. The second kappa shape index (κ2) is 3.54. The quantitative estimate of drug-likeness (QED) is 0.495. The van der Waals surface area contributed by atoms with Gasteiger partial charge >= 0.3 is 0 Å². The number of aliphatic imine (C=N–C) groups is 1. The van der Waals surface area contributed by atoms with Crippen LogP contribution in [0.15, 0.2) is 4.99 Å². The molecule has 4 heteroatoms. The van der Waals surface area contributed by atoms with Gasteiger partial charge in [-0.1, -0.05) is 13.8 Å². The zero-order chi connectivity index (χ0) is 10.1. The van der Waals surface area contributed by atoms with Crippen molar-refractivity contribution in [2.75, 3.05) is 6.61 Å². The molecule has 4 nitrogen and oxygen atoms in total. The number of hydrogen-bond donors (Lipinski definition) is 2. The molecule has 0 aromatic rings. The third kappa shape index (κ3) is 1.94. The Morgan fingerprint density at radius 3 is 2.54 bits per heavy atom. The number of ether oxygens (including phenoxy) is 1. The summed E-state index contributed by atoms with van der Waals surface area (Å²) in [6.45, 7) is 7.02. The van der Waals surface area contributed by atoms with Crippen molar-refractivity contribution in [1.29, 1.82) is 0 Å². The van der Waals surface area contributed by atoms with Crippen LogP contribution in [-0.4, -0.2) is 24.7 Å². The van der Waals surface area contributed by atoms with E-state index in [1.807, 2.05) is 6.92 Å². The van der Waals surface area contributed by atoms with Crippen LogP contribution in [0.5, 0.6) is 0 Å². The average Bonchev–Trinajstić information content (AvgIpc) is 2.02. The zero-order valence-corrected chi connectivity index (χ0v) is 8.58. The van der Waals surface area contributed by atoms with Crippen LogP contribution in [0.25, 0.3) is 0 Å². The number of nitrogens with zero attached hydrogens (tertiary/aromatic N) is 1. The molecule has 0 aliphatic heterocycles. The number of guanidine groups is 1. The molecule has 0 aromatic heterocycles. The van der Waals surface area contributed by atoms with E-state index in [1.54, 1.807) is 0 Å². The molecule has 2 unspecified atom stereocenters. The lowest BCUT2D eigenvalue weighted by atomic mass is 9.65. The maximum atomic E-state index is 5.55. The van der Waals surface area contributed by atoms with E-state index < -0.39 is 0 Å². The summed E-state index contributed by atoms with van der Waals surface area (Å²) >= 11 is 0. The smallest absolute Gasteiger partial charge is 0.186 e. The van der Waals surface area contributed by atoms with Gasteiger partial charge in [-0.05, 0) is 13.3 Å². The molecule has 0 aromatic carbocycles. The summed E-state index contributed by atoms with van der Waals surface area (Å²) in [4.78, 5) is 4.16. The molecular weight excluding hydrogens is 166 g/mol. The molecule has 13 heavy (non-hydrogen) atoms. The number of rotatable bonds is 3. The third-order valence-electron chi connectivity index (χ3n) is 2.80. The minimum atomic E-state index is 0.0694. The third-order valence-corrected chi connectivity index (χ3v) is 2.80. The lowest BCUT2D eigenvalue weighted by Crippen LogP contribution is -2.54. The van der Waals surface area contributed by atoms with E-state index in [4.69, 9.17) is 16.2 Å². The van der Waals surface area contributed by atoms with Gasteiger partial charge in [0.1, 0.15) is 0 Å². The minimum Gasteiger partial charge on any atom is -0.378 e. The highest BCUT2D eigenvalue weighted by Crippen LogP contribution is 2.44. The van der Waals surface area contributed by atoms with Crippen molar-refractivity contribution in [2.45, 2.75) is 39.3 Å². The zero-order valence-electron chi connectivity index (χ0n) is 8.58. The van der Waals surface area contributed by atoms with Gasteiger partial charge in [-0.2, -0.15) is 0 Å². The van der Waals surface area contributed by atoms with Crippen LogP contribution in [0, 0.1) is 5.41 Å². The van der Waals surface area contributed by atoms with E-state index in [9.17, 15) is 0 Å². The fourth-order valence-electron chi connectivity index (χ4n) is 1.75. The van der Waals surface area contributed by atoms with Crippen LogP contribution in [0.1, 0.15) is 27.2 Å². The van der Waals surface area contributed by atoms with Crippen LogP contribution in [-0.2, 0) is 4.74 Å². The first-order valence-electron chi connectivity index (χ1n) is 4.68. The summed E-state index contributed by atoms with van der Waals surface area (Å²) in [6.07, 6.45) is 1.23. The van der Waals surface area contributed by atoms with Crippen molar-refractivity contribution in [3.8, 4) is 0 Å². The molecule has 0 bridgehead atoms. The largest absolute Gasteiger partial charge is 0.378 e. The Balaban J connectivity index is 2.54. The van der Waals surface area contributed by atoms with Gasteiger partial charge in [0.05, 0.1) is 12.1 Å². The van der Waals surface area contributed by atoms with Crippen LogP contribution < -0.4 is 11.5 Å².